The summed E-state index contributed by atoms with van der Waals surface area (Å²) in [5.74, 6) is 0.716. The summed E-state index contributed by atoms with van der Waals surface area (Å²) in [5.41, 5.74) is 2.55. The molecule has 80 valence electrons. The molecule has 0 saturated heterocycles. The highest BCUT2D eigenvalue weighted by Crippen LogP contribution is 2.25. The molecule has 0 unspecified atom stereocenters. The lowest BCUT2D eigenvalue weighted by Gasteiger charge is -1.98. The molecule has 4 heteroatoms. The van der Waals surface area contributed by atoms with Gasteiger partial charge in [0.05, 0.1) is 23.2 Å². The Kier molecular flexibility index (Phi) is 2.93. The fourth-order valence-corrected chi connectivity index (χ4v) is 1.75. The van der Waals surface area contributed by atoms with Gasteiger partial charge in [0, 0.05) is 11.3 Å². The van der Waals surface area contributed by atoms with Crippen LogP contribution in [-0.4, -0.2) is 9.97 Å². The van der Waals surface area contributed by atoms with Crippen molar-refractivity contribution in [2.75, 3.05) is 0 Å². The first-order valence-electron chi connectivity index (χ1n) is 4.89. The van der Waals surface area contributed by atoms with Crippen LogP contribution in [0.25, 0.3) is 11.4 Å². The van der Waals surface area contributed by atoms with Crippen molar-refractivity contribution in [3.8, 4) is 17.5 Å². The van der Waals surface area contributed by atoms with E-state index in [-0.39, 0.29) is 0 Å². The number of hydrogen-bond donors (Lipinski definition) is 1. The molecule has 0 saturated carbocycles. The third-order valence-corrected chi connectivity index (χ3v) is 2.69. The predicted molar refractivity (Wildman–Crippen MR) is 63.1 cm³/mol. The van der Waals surface area contributed by atoms with Crippen molar-refractivity contribution in [1.29, 1.82) is 5.26 Å². The van der Waals surface area contributed by atoms with E-state index < -0.39 is 0 Å². The summed E-state index contributed by atoms with van der Waals surface area (Å²) in [4.78, 5) is 7.51. The molecule has 0 atom stereocenters. The number of halogens is 1. The lowest BCUT2D eigenvalue weighted by molar-refractivity contribution is 1.12. The van der Waals surface area contributed by atoms with Crippen molar-refractivity contribution in [3.05, 3.63) is 40.7 Å². The van der Waals surface area contributed by atoms with Gasteiger partial charge in [0.15, 0.2) is 0 Å². The summed E-state index contributed by atoms with van der Waals surface area (Å²) < 4.78 is 0. The quantitative estimate of drug-likeness (QED) is 0.864. The number of nitriles is 1. The molecule has 0 spiro atoms. The molecule has 0 radical (unpaired) electrons. The van der Waals surface area contributed by atoms with Crippen LogP contribution in [0.4, 0.5) is 0 Å². The SMILES string of the molecule is Cc1[nH]c(-c2ccccc2Cl)nc1CC#N. The summed E-state index contributed by atoms with van der Waals surface area (Å²) in [7, 11) is 0. The predicted octanol–water partition coefficient (Wildman–Crippen LogP) is 3.10. The number of aromatic nitrogens is 2. The number of rotatable bonds is 2. The summed E-state index contributed by atoms with van der Waals surface area (Å²) >= 11 is 6.07. The van der Waals surface area contributed by atoms with E-state index in [4.69, 9.17) is 16.9 Å². The lowest BCUT2D eigenvalue weighted by Crippen LogP contribution is -1.84. The van der Waals surface area contributed by atoms with E-state index >= 15 is 0 Å². The molecule has 16 heavy (non-hydrogen) atoms. The summed E-state index contributed by atoms with van der Waals surface area (Å²) in [6.07, 6.45) is 0.312. The second-order valence-corrected chi connectivity index (χ2v) is 3.88. The Bertz CT molecular complexity index is 552. The Labute approximate surface area is 98.7 Å². The van der Waals surface area contributed by atoms with Gasteiger partial charge in [-0.25, -0.2) is 4.98 Å². The van der Waals surface area contributed by atoms with Crippen molar-refractivity contribution >= 4 is 11.6 Å². The highest BCUT2D eigenvalue weighted by atomic mass is 35.5. The third kappa shape index (κ3) is 1.93. The topological polar surface area (TPSA) is 52.5 Å². The van der Waals surface area contributed by atoms with E-state index in [1.807, 2.05) is 31.2 Å². The monoisotopic (exact) mass is 231 g/mol. The summed E-state index contributed by atoms with van der Waals surface area (Å²) in [6.45, 7) is 1.90. The Morgan fingerprint density at radius 1 is 1.44 bits per heavy atom. The molecule has 1 N–H and O–H groups in total. The van der Waals surface area contributed by atoms with Crippen LogP contribution in [0.15, 0.2) is 24.3 Å². The van der Waals surface area contributed by atoms with Gasteiger partial charge in [-0.2, -0.15) is 5.26 Å². The van der Waals surface area contributed by atoms with Crippen LogP contribution < -0.4 is 0 Å². The Balaban J connectivity index is 2.46. The molecule has 0 bridgehead atoms. The van der Waals surface area contributed by atoms with Crippen LogP contribution in [0, 0.1) is 18.3 Å². The molecule has 2 rings (SSSR count). The first-order valence-corrected chi connectivity index (χ1v) is 5.27. The van der Waals surface area contributed by atoms with Crippen molar-refractivity contribution < 1.29 is 0 Å². The standard InChI is InChI=1S/C12H10ClN3/c1-8-11(6-7-14)16-12(15-8)9-4-2-3-5-10(9)13/h2-5H,6H2,1H3,(H,15,16). The van der Waals surface area contributed by atoms with Crippen LogP contribution in [0.3, 0.4) is 0 Å². The number of nitrogens with zero attached hydrogens (tertiary/aromatic N) is 2. The smallest absolute Gasteiger partial charge is 0.139 e. The fraction of sp³-hybridized carbons (Fsp3) is 0.167. The van der Waals surface area contributed by atoms with E-state index in [0.717, 1.165) is 17.0 Å². The van der Waals surface area contributed by atoms with Gasteiger partial charge < -0.3 is 4.98 Å². The van der Waals surface area contributed by atoms with Gasteiger partial charge in [0.2, 0.25) is 0 Å². The Morgan fingerprint density at radius 2 is 2.19 bits per heavy atom. The Hall–Kier alpha value is -1.79. The van der Waals surface area contributed by atoms with Gasteiger partial charge in [-0.05, 0) is 19.1 Å². The van der Waals surface area contributed by atoms with Crippen LogP contribution in [0.1, 0.15) is 11.4 Å². The second kappa shape index (κ2) is 4.38. The van der Waals surface area contributed by atoms with Gasteiger partial charge in [-0.3, -0.25) is 0 Å². The summed E-state index contributed by atoms with van der Waals surface area (Å²) in [6, 6.07) is 9.59. The van der Waals surface area contributed by atoms with E-state index in [1.165, 1.54) is 0 Å². The molecule has 1 aromatic carbocycles. The normalized spacial score (nSPS) is 10.1. The third-order valence-electron chi connectivity index (χ3n) is 2.36. The van der Waals surface area contributed by atoms with Crippen molar-refractivity contribution in [1.82, 2.24) is 9.97 Å². The van der Waals surface area contributed by atoms with Crippen LogP contribution in [0.2, 0.25) is 5.02 Å². The number of benzene rings is 1. The van der Waals surface area contributed by atoms with E-state index in [0.29, 0.717) is 17.3 Å². The van der Waals surface area contributed by atoms with E-state index in [2.05, 4.69) is 16.0 Å². The maximum absolute atomic E-state index is 8.65. The molecule has 1 heterocycles. The van der Waals surface area contributed by atoms with Crippen molar-refractivity contribution in [3.63, 3.8) is 0 Å². The number of nitrogens with one attached hydrogen (secondary N) is 1. The number of H-pyrrole nitrogens is 1. The molecular weight excluding hydrogens is 222 g/mol. The maximum Gasteiger partial charge on any atom is 0.139 e. The molecular formula is C12H10ClN3. The highest BCUT2D eigenvalue weighted by molar-refractivity contribution is 6.33. The minimum Gasteiger partial charge on any atom is -0.342 e. The molecule has 0 amide bonds. The Morgan fingerprint density at radius 3 is 2.88 bits per heavy atom. The zero-order chi connectivity index (χ0) is 11.5. The second-order valence-electron chi connectivity index (χ2n) is 3.47. The van der Waals surface area contributed by atoms with Gasteiger partial charge in [0.25, 0.3) is 0 Å². The number of imidazole rings is 1. The summed E-state index contributed by atoms with van der Waals surface area (Å²) in [5, 5.41) is 9.30. The maximum atomic E-state index is 8.65. The van der Waals surface area contributed by atoms with Gasteiger partial charge >= 0.3 is 0 Å². The first kappa shape index (κ1) is 10.7. The molecule has 0 aliphatic carbocycles. The first-order chi connectivity index (χ1) is 7.72. The lowest BCUT2D eigenvalue weighted by atomic mass is 10.2. The van der Waals surface area contributed by atoms with Crippen molar-refractivity contribution in [2.45, 2.75) is 13.3 Å². The molecule has 2 aromatic rings. The largest absolute Gasteiger partial charge is 0.342 e. The number of aromatic amines is 1. The molecule has 1 aromatic heterocycles. The number of hydrogen-bond acceptors (Lipinski definition) is 2. The molecule has 0 fully saturated rings. The zero-order valence-corrected chi connectivity index (χ0v) is 9.54. The zero-order valence-electron chi connectivity index (χ0n) is 8.79. The average molecular weight is 232 g/mol. The van der Waals surface area contributed by atoms with Crippen LogP contribution in [0.5, 0.6) is 0 Å². The van der Waals surface area contributed by atoms with Gasteiger partial charge in [0.1, 0.15) is 5.82 Å². The molecule has 0 aliphatic rings. The van der Waals surface area contributed by atoms with Crippen molar-refractivity contribution in [2.24, 2.45) is 0 Å². The van der Waals surface area contributed by atoms with Gasteiger partial charge in [-0.15, -0.1) is 0 Å². The minimum atomic E-state index is 0.312. The molecule has 3 nitrogen and oxygen atoms in total. The van der Waals surface area contributed by atoms with Crippen LogP contribution >= 0.6 is 11.6 Å². The highest BCUT2D eigenvalue weighted by Gasteiger charge is 2.10. The van der Waals surface area contributed by atoms with E-state index in [9.17, 15) is 0 Å². The fourth-order valence-electron chi connectivity index (χ4n) is 1.52. The van der Waals surface area contributed by atoms with Gasteiger partial charge in [-0.1, -0.05) is 23.7 Å². The van der Waals surface area contributed by atoms with E-state index in [1.54, 1.807) is 0 Å². The minimum absolute atomic E-state index is 0.312. The molecule has 0 aliphatic heterocycles. The average Bonchev–Trinajstić information content (AvgIpc) is 2.61. The number of aryl methyl sites for hydroxylation is 1. The van der Waals surface area contributed by atoms with Crippen LogP contribution in [-0.2, 0) is 6.42 Å².